The van der Waals surface area contributed by atoms with E-state index in [1.165, 1.54) is 0 Å². The molecule has 1 saturated heterocycles. The van der Waals surface area contributed by atoms with Gasteiger partial charge in [0.25, 0.3) is 0 Å². The lowest BCUT2D eigenvalue weighted by Crippen LogP contribution is -2.46. The van der Waals surface area contributed by atoms with Gasteiger partial charge in [-0.05, 0) is 25.2 Å². The van der Waals surface area contributed by atoms with Crippen LogP contribution in [-0.2, 0) is 9.53 Å². The number of ether oxygens (including phenoxy) is 1. The second-order valence-electron chi connectivity index (χ2n) is 5.13. The Morgan fingerprint density at radius 2 is 2.05 bits per heavy atom. The molecule has 1 rings (SSSR count). The molecule has 7 heteroatoms. The van der Waals surface area contributed by atoms with Crippen LogP contribution in [0.1, 0.15) is 25.7 Å². The number of likely N-dealkylation sites (tertiary alicyclic amines) is 1. The Bertz CT molecular complexity index is 318. The maximum Gasteiger partial charge on any atom is 0.220 e. The first kappa shape index (κ1) is 20.4. The predicted octanol–water partition coefficient (Wildman–Crippen LogP) is 1.06. The number of aliphatic imine (C=N–C) groups is 1. The number of nitrogens with one attached hydrogen (secondary N) is 2. The van der Waals surface area contributed by atoms with Gasteiger partial charge in [0.1, 0.15) is 0 Å². The van der Waals surface area contributed by atoms with Crippen LogP contribution in [0.5, 0.6) is 0 Å². The van der Waals surface area contributed by atoms with Gasteiger partial charge >= 0.3 is 0 Å². The summed E-state index contributed by atoms with van der Waals surface area (Å²) < 4.78 is 5.03. The smallest absolute Gasteiger partial charge is 0.220 e. The van der Waals surface area contributed by atoms with Crippen molar-refractivity contribution in [2.45, 2.75) is 25.7 Å². The van der Waals surface area contributed by atoms with E-state index in [0.29, 0.717) is 12.3 Å². The molecule has 124 valence electrons. The molecule has 1 aliphatic heterocycles. The van der Waals surface area contributed by atoms with Crippen LogP contribution < -0.4 is 10.6 Å². The topological polar surface area (TPSA) is 66.0 Å². The van der Waals surface area contributed by atoms with Crippen molar-refractivity contribution in [2.75, 3.05) is 47.4 Å². The van der Waals surface area contributed by atoms with Gasteiger partial charge in [0.2, 0.25) is 5.91 Å². The molecular formula is C14H29IN4O2. The molecular weight excluding hydrogens is 383 g/mol. The van der Waals surface area contributed by atoms with Crippen molar-refractivity contribution in [1.29, 1.82) is 0 Å². The van der Waals surface area contributed by atoms with Gasteiger partial charge in [0.15, 0.2) is 5.96 Å². The largest absolute Gasteiger partial charge is 0.385 e. The van der Waals surface area contributed by atoms with Gasteiger partial charge in [0, 0.05) is 53.9 Å². The molecule has 0 aromatic carbocycles. The standard InChI is InChI=1S/C14H28N4O2.HI/c1-15-13(19)11-12-5-8-18(9-6-12)14(16-2)17-7-4-10-20-3;/h12H,4-11H2,1-3H3,(H,15,19)(H,16,17);1H. The van der Waals surface area contributed by atoms with E-state index in [0.717, 1.165) is 51.5 Å². The van der Waals surface area contributed by atoms with Crippen LogP contribution in [0.3, 0.4) is 0 Å². The number of hydrogen-bond donors (Lipinski definition) is 2. The molecule has 0 atom stereocenters. The van der Waals surface area contributed by atoms with E-state index < -0.39 is 0 Å². The Labute approximate surface area is 145 Å². The number of nitrogens with zero attached hydrogens (tertiary/aromatic N) is 2. The minimum absolute atomic E-state index is 0. The first-order valence-corrected chi connectivity index (χ1v) is 7.36. The van der Waals surface area contributed by atoms with Gasteiger partial charge in [-0.15, -0.1) is 24.0 Å². The van der Waals surface area contributed by atoms with Crippen LogP contribution in [0, 0.1) is 5.92 Å². The summed E-state index contributed by atoms with van der Waals surface area (Å²) in [7, 11) is 5.23. The lowest BCUT2D eigenvalue weighted by atomic mass is 9.93. The highest BCUT2D eigenvalue weighted by Gasteiger charge is 2.22. The van der Waals surface area contributed by atoms with Gasteiger partial charge < -0.3 is 20.3 Å². The molecule has 1 fully saturated rings. The number of carbonyl (C=O) groups excluding carboxylic acids is 1. The lowest BCUT2D eigenvalue weighted by Gasteiger charge is -2.34. The zero-order valence-corrected chi connectivity index (χ0v) is 15.7. The van der Waals surface area contributed by atoms with Crippen LogP contribution in [0.4, 0.5) is 0 Å². The first-order chi connectivity index (χ1) is 9.71. The number of methoxy groups -OCH3 is 1. The van der Waals surface area contributed by atoms with Crippen molar-refractivity contribution in [3.63, 3.8) is 0 Å². The highest BCUT2D eigenvalue weighted by Crippen LogP contribution is 2.20. The molecule has 1 heterocycles. The van der Waals surface area contributed by atoms with Gasteiger partial charge in [-0.3, -0.25) is 9.79 Å². The quantitative estimate of drug-likeness (QED) is 0.297. The van der Waals surface area contributed by atoms with Crippen LogP contribution >= 0.6 is 24.0 Å². The molecule has 0 saturated carbocycles. The average molecular weight is 412 g/mol. The second kappa shape index (κ2) is 12.0. The Morgan fingerprint density at radius 3 is 2.57 bits per heavy atom. The lowest BCUT2D eigenvalue weighted by molar-refractivity contribution is -0.121. The van der Waals surface area contributed by atoms with Crippen LogP contribution in [0.15, 0.2) is 4.99 Å². The van der Waals surface area contributed by atoms with E-state index >= 15 is 0 Å². The third-order valence-electron chi connectivity index (χ3n) is 3.69. The van der Waals surface area contributed by atoms with Crippen molar-refractivity contribution in [2.24, 2.45) is 10.9 Å². The van der Waals surface area contributed by atoms with Crippen molar-refractivity contribution in [3.8, 4) is 0 Å². The predicted molar refractivity (Wildman–Crippen MR) is 96.3 cm³/mol. The summed E-state index contributed by atoms with van der Waals surface area (Å²) in [5, 5.41) is 6.05. The molecule has 0 bridgehead atoms. The molecule has 6 nitrogen and oxygen atoms in total. The summed E-state index contributed by atoms with van der Waals surface area (Å²) in [6, 6.07) is 0. The van der Waals surface area contributed by atoms with Gasteiger partial charge in [-0.1, -0.05) is 0 Å². The summed E-state index contributed by atoms with van der Waals surface area (Å²) in [6.45, 7) is 3.56. The number of rotatable bonds is 6. The zero-order valence-electron chi connectivity index (χ0n) is 13.4. The number of hydrogen-bond acceptors (Lipinski definition) is 3. The van der Waals surface area contributed by atoms with E-state index in [1.54, 1.807) is 14.2 Å². The molecule has 2 N–H and O–H groups in total. The van der Waals surface area contributed by atoms with E-state index in [9.17, 15) is 4.79 Å². The van der Waals surface area contributed by atoms with E-state index in [2.05, 4.69) is 20.5 Å². The van der Waals surface area contributed by atoms with Crippen molar-refractivity contribution < 1.29 is 9.53 Å². The fraction of sp³-hybridized carbons (Fsp3) is 0.857. The van der Waals surface area contributed by atoms with Gasteiger partial charge in [0.05, 0.1) is 0 Å². The zero-order chi connectivity index (χ0) is 14.8. The SMILES string of the molecule is CN=C(NCCCOC)N1CCC(CC(=O)NC)CC1.I. The Kier molecular flexibility index (Phi) is 11.7. The molecule has 0 aliphatic carbocycles. The van der Waals surface area contributed by atoms with E-state index in [1.807, 2.05) is 7.05 Å². The molecule has 0 unspecified atom stereocenters. The highest BCUT2D eigenvalue weighted by atomic mass is 127. The van der Waals surface area contributed by atoms with Gasteiger partial charge in [-0.25, -0.2) is 0 Å². The Balaban J connectivity index is 0.00000400. The molecule has 1 aliphatic rings. The molecule has 0 aromatic heterocycles. The summed E-state index contributed by atoms with van der Waals surface area (Å²) in [5.41, 5.74) is 0. The molecule has 0 spiro atoms. The third kappa shape index (κ3) is 7.85. The van der Waals surface area contributed by atoms with Crippen molar-refractivity contribution >= 4 is 35.8 Å². The van der Waals surface area contributed by atoms with Gasteiger partial charge in [-0.2, -0.15) is 0 Å². The normalized spacial score (nSPS) is 16.3. The van der Waals surface area contributed by atoms with Crippen LogP contribution in [0.2, 0.25) is 0 Å². The summed E-state index contributed by atoms with van der Waals surface area (Å²) in [6.07, 6.45) is 3.71. The molecule has 0 aromatic rings. The summed E-state index contributed by atoms with van der Waals surface area (Å²) in [5.74, 6) is 1.60. The number of carbonyl (C=O) groups is 1. The third-order valence-corrected chi connectivity index (χ3v) is 3.69. The fourth-order valence-electron chi connectivity index (χ4n) is 2.46. The van der Waals surface area contributed by atoms with Crippen molar-refractivity contribution in [3.05, 3.63) is 0 Å². The maximum absolute atomic E-state index is 11.4. The fourth-order valence-corrected chi connectivity index (χ4v) is 2.46. The summed E-state index contributed by atoms with van der Waals surface area (Å²) in [4.78, 5) is 18.0. The number of guanidine groups is 1. The maximum atomic E-state index is 11.4. The minimum atomic E-state index is 0. The molecule has 1 amide bonds. The van der Waals surface area contributed by atoms with Crippen molar-refractivity contribution in [1.82, 2.24) is 15.5 Å². The average Bonchev–Trinajstić information content (AvgIpc) is 2.48. The Hall–Kier alpha value is -0.570. The molecule has 21 heavy (non-hydrogen) atoms. The van der Waals surface area contributed by atoms with E-state index in [4.69, 9.17) is 4.74 Å². The minimum Gasteiger partial charge on any atom is -0.385 e. The highest BCUT2D eigenvalue weighted by molar-refractivity contribution is 14.0. The summed E-state index contributed by atoms with van der Waals surface area (Å²) >= 11 is 0. The monoisotopic (exact) mass is 412 g/mol. The Morgan fingerprint density at radius 1 is 1.38 bits per heavy atom. The number of piperidine rings is 1. The number of amides is 1. The molecule has 0 radical (unpaired) electrons. The van der Waals surface area contributed by atoms with E-state index in [-0.39, 0.29) is 29.9 Å². The van der Waals surface area contributed by atoms with Crippen LogP contribution in [-0.4, -0.2) is 64.2 Å². The second-order valence-corrected chi connectivity index (χ2v) is 5.13. The van der Waals surface area contributed by atoms with Crippen LogP contribution in [0.25, 0.3) is 0 Å². The number of halogens is 1. The first-order valence-electron chi connectivity index (χ1n) is 7.36.